The van der Waals surface area contributed by atoms with Gasteiger partial charge in [0.15, 0.2) is 0 Å². The third-order valence-electron chi connectivity index (χ3n) is 4.29. The minimum atomic E-state index is 0.210. The fraction of sp³-hybridized carbons (Fsp3) is 1.00. The van der Waals surface area contributed by atoms with Crippen molar-refractivity contribution in [3.63, 3.8) is 0 Å². The molecule has 2 heterocycles. The molecule has 2 fully saturated rings. The van der Waals surface area contributed by atoms with Gasteiger partial charge in [-0.25, -0.2) is 0 Å². The highest BCUT2D eigenvalue weighted by molar-refractivity contribution is 9.09. The first kappa shape index (κ1) is 14.7. The lowest BCUT2D eigenvalue weighted by atomic mass is 9.82. The predicted molar refractivity (Wildman–Crippen MR) is 74.3 cm³/mol. The van der Waals surface area contributed by atoms with E-state index in [0.717, 1.165) is 51.0 Å². The summed E-state index contributed by atoms with van der Waals surface area (Å²) in [7, 11) is 3.55. The Kier molecular flexibility index (Phi) is 5.45. The molecule has 106 valence electrons. The van der Waals surface area contributed by atoms with Crippen molar-refractivity contribution in [3.05, 3.63) is 0 Å². The molecule has 0 aromatic heterocycles. The van der Waals surface area contributed by atoms with Crippen LogP contribution in [0.3, 0.4) is 0 Å². The molecule has 0 saturated carbocycles. The largest absolute Gasteiger partial charge is 0.381 e. The van der Waals surface area contributed by atoms with Crippen LogP contribution < -0.4 is 0 Å². The normalized spacial score (nSPS) is 32.8. The summed E-state index contributed by atoms with van der Waals surface area (Å²) in [6.07, 6.45) is 2.71. The molecule has 0 radical (unpaired) electrons. The molecule has 2 saturated heterocycles. The highest BCUT2D eigenvalue weighted by Crippen LogP contribution is 2.34. The lowest BCUT2D eigenvalue weighted by Crippen LogP contribution is -2.42. The zero-order chi connectivity index (χ0) is 13.0. The zero-order valence-corrected chi connectivity index (χ0v) is 12.9. The van der Waals surface area contributed by atoms with Crippen LogP contribution in [-0.4, -0.2) is 69.5 Å². The van der Waals surface area contributed by atoms with Crippen molar-refractivity contribution in [2.75, 3.05) is 52.4 Å². The molecule has 0 bridgehead atoms. The Balaban J connectivity index is 1.92. The number of nitrogens with zero attached hydrogens (tertiary/aromatic N) is 1. The van der Waals surface area contributed by atoms with E-state index < -0.39 is 0 Å². The third-order valence-corrected chi connectivity index (χ3v) is 5.48. The van der Waals surface area contributed by atoms with Crippen LogP contribution in [0.5, 0.6) is 0 Å². The van der Waals surface area contributed by atoms with Gasteiger partial charge in [-0.3, -0.25) is 4.90 Å². The highest BCUT2D eigenvalue weighted by atomic mass is 79.9. The Hall–Kier alpha value is 0.320. The topological polar surface area (TPSA) is 30.9 Å². The molecular weight excluding hydrogens is 298 g/mol. The summed E-state index contributed by atoms with van der Waals surface area (Å²) in [5, 5.41) is 1.05. The molecule has 0 spiro atoms. The molecule has 0 aromatic carbocycles. The second-order valence-electron chi connectivity index (χ2n) is 5.49. The van der Waals surface area contributed by atoms with Crippen molar-refractivity contribution in [1.29, 1.82) is 0 Å². The number of rotatable bonds is 5. The average Bonchev–Trinajstić information content (AvgIpc) is 2.81. The second kappa shape index (κ2) is 6.66. The van der Waals surface area contributed by atoms with Crippen molar-refractivity contribution in [3.8, 4) is 0 Å². The Morgan fingerprint density at radius 2 is 1.72 bits per heavy atom. The van der Waals surface area contributed by atoms with E-state index >= 15 is 0 Å². The summed E-state index contributed by atoms with van der Waals surface area (Å²) >= 11 is 3.70. The molecular formula is C13H24BrNO3. The monoisotopic (exact) mass is 321 g/mol. The molecule has 2 atom stereocenters. The van der Waals surface area contributed by atoms with Gasteiger partial charge in [-0.2, -0.15) is 0 Å². The van der Waals surface area contributed by atoms with E-state index in [1.54, 1.807) is 14.2 Å². The fourth-order valence-corrected chi connectivity index (χ4v) is 3.75. The molecule has 2 aliphatic heterocycles. The van der Waals surface area contributed by atoms with Gasteiger partial charge in [-0.1, -0.05) is 15.9 Å². The minimum Gasteiger partial charge on any atom is -0.381 e. The third kappa shape index (κ3) is 3.25. The Labute approximate surface area is 118 Å². The summed E-state index contributed by atoms with van der Waals surface area (Å²) in [5.41, 5.74) is 0.360. The quantitative estimate of drug-likeness (QED) is 0.718. The van der Waals surface area contributed by atoms with Crippen LogP contribution >= 0.6 is 15.9 Å². The molecule has 2 unspecified atom stereocenters. The van der Waals surface area contributed by atoms with Crippen molar-refractivity contribution in [1.82, 2.24) is 4.90 Å². The number of hydrogen-bond donors (Lipinski definition) is 0. The Morgan fingerprint density at radius 3 is 2.17 bits per heavy atom. The predicted octanol–water partition coefficient (Wildman–Crippen LogP) is 1.52. The second-order valence-corrected chi connectivity index (χ2v) is 6.05. The van der Waals surface area contributed by atoms with Crippen molar-refractivity contribution in [2.24, 2.45) is 5.41 Å². The van der Waals surface area contributed by atoms with Gasteiger partial charge in [-0.05, 0) is 18.3 Å². The highest BCUT2D eigenvalue weighted by Gasteiger charge is 2.39. The van der Waals surface area contributed by atoms with Crippen LogP contribution in [0.15, 0.2) is 0 Å². The van der Waals surface area contributed by atoms with Crippen LogP contribution in [0, 0.1) is 5.41 Å². The smallest absolute Gasteiger partial charge is 0.0971 e. The van der Waals surface area contributed by atoms with E-state index in [1.807, 2.05) is 0 Å². The molecule has 0 N–H and O–H groups in total. The SMILES string of the molecule is COC1CN(CC2(CBr)CCOCC2)CC1OC. The first-order valence-corrected chi connectivity index (χ1v) is 7.77. The van der Waals surface area contributed by atoms with Gasteiger partial charge >= 0.3 is 0 Å². The number of ether oxygens (including phenoxy) is 3. The van der Waals surface area contributed by atoms with Crippen LogP contribution in [0.4, 0.5) is 0 Å². The van der Waals surface area contributed by atoms with E-state index in [2.05, 4.69) is 20.8 Å². The molecule has 18 heavy (non-hydrogen) atoms. The van der Waals surface area contributed by atoms with E-state index in [1.165, 1.54) is 0 Å². The molecule has 0 aromatic rings. The number of halogens is 1. The lowest BCUT2D eigenvalue weighted by molar-refractivity contribution is -0.00461. The summed E-state index contributed by atoms with van der Waals surface area (Å²) < 4.78 is 16.5. The summed E-state index contributed by atoms with van der Waals surface area (Å²) in [6.45, 7) is 4.85. The molecule has 5 heteroatoms. The molecule has 0 amide bonds. The summed E-state index contributed by atoms with van der Waals surface area (Å²) in [4.78, 5) is 2.48. The van der Waals surface area contributed by atoms with Gasteiger partial charge in [0.25, 0.3) is 0 Å². The number of alkyl halides is 1. The minimum absolute atomic E-state index is 0.210. The Morgan fingerprint density at radius 1 is 1.17 bits per heavy atom. The molecule has 2 aliphatic rings. The zero-order valence-electron chi connectivity index (χ0n) is 11.4. The van der Waals surface area contributed by atoms with E-state index in [-0.39, 0.29) is 12.2 Å². The summed E-state index contributed by atoms with van der Waals surface area (Å²) in [6, 6.07) is 0. The fourth-order valence-electron chi connectivity index (χ4n) is 3.01. The maximum atomic E-state index is 5.50. The van der Waals surface area contributed by atoms with Crippen LogP contribution in [0.2, 0.25) is 0 Å². The molecule has 2 rings (SSSR count). The average molecular weight is 322 g/mol. The first-order valence-electron chi connectivity index (χ1n) is 6.65. The van der Waals surface area contributed by atoms with Crippen molar-refractivity contribution >= 4 is 15.9 Å². The standard InChI is InChI=1S/C13H24BrNO3/c1-16-11-7-15(8-12(11)17-2)10-13(9-14)3-5-18-6-4-13/h11-12H,3-10H2,1-2H3. The van der Waals surface area contributed by atoms with Crippen molar-refractivity contribution < 1.29 is 14.2 Å². The molecule has 4 nitrogen and oxygen atoms in total. The van der Waals surface area contributed by atoms with Gasteiger partial charge in [0, 0.05) is 52.4 Å². The van der Waals surface area contributed by atoms with E-state index in [4.69, 9.17) is 14.2 Å². The number of methoxy groups -OCH3 is 2. The summed E-state index contributed by atoms with van der Waals surface area (Å²) in [5.74, 6) is 0. The lowest BCUT2D eigenvalue weighted by Gasteiger charge is -2.38. The van der Waals surface area contributed by atoms with Crippen molar-refractivity contribution in [2.45, 2.75) is 25.0 Å². The maximum Gasteiger partial charge on any atom is 0.0971 e. The van der Waals surface area contributed by atoms with Gasteiger partial charge in [0.1, 0.15) is 0 Å². The van der Waals surface area contributed by atoms with Crippen LogP contribution in [-0.2, 0) is 14.2 Å². The van der Waals surface area contributed by atoms with Gasteiger partial charge in [0.2, 0.25) is 0 Å². The first-order chi connectivity index (χ1) is 8.73. The van der Waals surface area contributed by atoms with Gasteiger partial charge < -0.3 is 14.2 Å². The molecule has 0 aliphatic carbocycles. The van der Waals surface area contributed by atoms with E-state index in [9.17, 15) is 0 Å². The van der Waals surface area contributed by atoms with E-state index in [0.29, 0.717) is 5.41 Å². The van der Waals surface area contributed by atoms with Gasteiger partial charge in [0.05, 0.1) is 12.2 Å². The Bertz CT molecular complexity index is 247. The van der Waals surface area contributed by atoms with Crippen LogP contribution in [0.25, 0.3) is 0 Å². The maximum absolute atomic E-state index is 5.50. The number of likely N-dealkylation sites (tertiary alicyclic amines) is 1. The van der Waals surface area contributed by atoms with Gasteiger partial charge in [-0.15, -0.1) is 0 Å². The number of hydrogen-bond acceptors (Lipinski definition) is 4. The van der Waals surface area contributed by atoms with Crippen LogP contribution in [0.1, 0.15) is 12.8 Å².